The first kappa shape index (κ1) is 15.4. The van der Waals surface area contributed by atoms with Crippen LogP contribution in [0.2, 0.25) is 0 Å². The Balaban J connectivity index is 2.14. The Morgan fingerprint density at radius 3 is 2.61 bits per heavy atom. The third-order valence-electron chi connectivity index (χ3n) is 3.66. The van der Waals surface area contributed by atoms with Crippen LogP contribution in [0, 0.1) is 6.92 Å². The molecule has 0 unspecified atom stereocenters. The molecule has 0 spiro atoms. The Morgan fingerprint density at radius 1 is 1.26 bits per heavy atom. The second-order valence-corrected chi connectivity index (χ2v) is 7.58. The maximum atomic E-state index is 12.6. The van der Waals surface area contributed by atoms with Gasteiger partial charge in [0.1, 0.15) is 0 Å². The molecule has 0 aliphatic heterocycles. The molecule has 0 aliphatic carbocycles. The maximum Gasteiger partial charge on any atom is 0.261 e. The normalized spacial score (nSPS) is 12.0. The third kappa shape index (κ3) is 2.89. The summed E-state index contributed by atoms with van der Waals surface area (Å²) in [5, 5.41) is 4.60. The number of fused-ring (bicyclic) bond motifs is 1. The van der Waals surface area contributed by atoms with Gasteiger partial charge in [-0.25, -0.2) is 13.4 Å². The van der Waals surface area contributed by atoms with E-state index in [4.69, 9.17) is 0 Å². The molecule has 0 radical (unpaired) electrons. The average molecular weight is 332 g/mol. The van der Waals surface area contributed by atoms with E-state index in [9.17, 15) is 13.2 Å². The summed E-state index contributed by atoms with van der Waals surface area (Å²) >= 11 is 0. The minimum Gasteiger partial charge on any atom is -0.293 e. The van der Waals surface area contributed by atoms with Gasteiger partial charge < -0.3 is 0 Å². The Hall–Kier alpha value is -2.48. The highest BCUT2D eigenvalue weighted by atomic mass is 32.2. The van der Waals surface area contributed by atoms with E-state index in [0.717, 1.165) is 17.5 Å². The van der Waals surface area contributed by atoms with Crippen LogP contribution in [0.1, 0.15) is 11.3 Å². The summed E-state index contributed by atoms with van der Waals surface area (Å²) in [6.45, 7) is 2.21. The zero-order valence-corrected chi connectivity index (χ0v) is 13.8. The van der Waals surface area contributed by atoms with Crippen molar-refractivity contribution in [3.63, 3.8) is 0 Å². The summed E-state index contributed by atoms with van der Waals surface area (Å²) in [6, 6.07) is 4.38. The molecule has 7 nitrogen and oxygen atoms in total. The molecule has 0 saturated heterocycles. The van der Waals surface area contributed by atoms with Crippen LogP contribution in [0.15, 0.2) is 40.4 Å². The highest BCUT2D eigenvalue weighted by Gasteiger charge is 2.12. The van der Waals surface area contributed by atoms with Crippen molar-refractivity contribution >= 4 is 20.7 Å². The number of sulfone groups is 1. The zero-order valence-electron chi connectivity index (χ0n) is 13.0. The summed E-state index contributed by atoms with van der Waals surface area (Å²) in [4.78, 5) is 17.0. The van der Waals surface area contributed by atoms with Gasteiger partial charge in [-0.1, -0.05) is 0 Å². The maximum absolute atomic E-state index is 12.6. The molecule has 0 fully saturated rings. The van der Waals surface area contributed by atoms with Gasteiger partial charge in [-0.15, -0.1) is 0 Å². The first-order valence-electron chi connectivity index (χ1n) is 6.94. The van der Waals surface area contributed by atoms with Crippen LogP contribution in [0.4, 0.5) is 0 Å². The van der Waals surface area contributed by atoms with Gasteiger partial charge in [-0.05, 0) is 30.7 Å². The Morgan fingerprint density at radius 2 is 2.00 bits per heavy atom. The van der Waals surface area contributed by atoms with Gasteiger partial charge >= 0.3 is 0 Å². The van der Waals surface area contributed by atoms with Crippen LogP contribution >= 0.6 is 0 Å². The largest absolute Gasteiger partial charge is 0.293 e. The Bertz CT molecular complexity index is 1060. The van der Waals surface area contributed by atoms with Gasteiger partial charge in [0.2, 0.25) is 0 Å². The fourth-order valence-corrected chi connectivity index (χ4v) is 3.10. The summed E-state index contributed by atoms with van der Waals surface area (Å²) in [7, 11) is -1.56. The summed E-state index contributed by atoms with van der Waals surface area (Å²) in [6.07, 6.45) is 4.44. The van der Waals surface area contributed by atoms with E-state index >= 15 is 0 Å². The number of hydrogen-bond acceptors (Lipinski definition) is 5. The minimum absolute atomic E-state index is 0.107. The quantitative estimate of drug-likeness (QED) is 0.711. The lowest BCUT2D eigenvalue weighted by Gasteiger charge is -2.06. The summed E-state index contributed by atoms with van der Waals surface area (Å²) < 4.78 is 26.5. The Kier molecular flexibility index (Phi) is 3.56. The van der Waals surface area contributed by atoms with Gasteiger partial charge in [-0.2, -0.15) is 5.10 Å². The van der Waals surface area contributed by atoms with Crippen LogP contribution in [0.25, 0.3) is 10.9 Å². The minimum atomic E-state index is -3.38. The van der Waals surface area contributed by atoms with Gasteiger partial charge in [0.05, 0.1) is 34.4 Å². The first-order valence-corrected chi connectivity index (χ1v) is 8.83. The van der Waals surface area contributed by atoms with E-state index in [-0.39, 0.29) is 22.4 Å². The SMILES string of the molecule is Cc1cn(C)nc1Cn1cnc2ccc(S(C)(=O)=O)cc2c1=O. The van der Waals surface area contributed by atoms with E-state index in [2.05, 4.69) is 10.1 Å². The van der Waals surface area contributed by atoms with Crippen molar-refractivity contribution in [1.29, 1.82) is 0 Å². The smallest absolute Gasteiger partial charge is 0.261 e. The summed E-state index contributed by atoms with van der Waals surface area (Å²) in [5.41, 5.74) is 1.93. The molecule has 0 bridgehead atoms. The molecule has 0 aliphatic rings. The van der Waals surface area contributed by atoms with Crippen LogP contribution in [-0.2, 0) is 23.4 Å². The predicted octanol–water partition coefficient (Wildman–Crippen LogP) is 0.890. The van der Waals surface area contributed by atoms with Crippen molar-refractivity contribution in [1.82, 2.24) is 19.3 Å². The lowest BCUT2D eigenvalue weighted by atomic mass is 10.2. The van der Waals surface area contributed by atoms with Crippen molar-refractivity contribution in [3.8, 4) is 0 Å². The lowest BCUT2D eigenvalue weighted by molar-refractivity contribution is 0.602. The average Bonchev–Trinajstić information content (AvgIpc) is 2.78. The monoisotopic (exact) mass is 332 g/mol. The molecule has 0 amide bonds. The second kappa shape index (κ2) is 5.31. The molecule has 2 aromatic heterocycles. The summed E-state index contributed by atoms with van der Waals surface area (Å²) in [5.74, 6) is 0. The number of hydrogen-bond donors (Lipinski definition) is 0. The van der Waals surface area contributed by atoms with Gasteiger partial charge in [0.25, 0.3) is 5.56 Å². The molecule has 3 aromatic rings. The van der Waals surface area contributed by atoms with Crippen LogP contribution < -0.4 is 5.56 Å². The number of benzene rings is 1. The molecule has 3 rings (SSSR count). The highest BCUT2D eigenvalue weighted by Crippen LogP contribution is 2.15. The number of nitrogens with zero attached hydrogens (tertiary/aromatic N) is 4. The molecule has 120 valence electrons. The molecule has 1 aromatic carbocycles. The molecule has 0 atom stereocenters. The number of rotatable bonds is 3. The molecular formula is C15H16N4O3S. The van der Waals surface area contributed by atoms with E-state index in [1.54, 1.807) is 10.7 Å². The highest BCUT2D eigenvalue weighted by molar-refractivity contribution is 7.90. The third-order valence-corrected chi connectivity index (χ3v) is 4.77. The molecule has 0 saturated carbocycles. The van der Waals surface area contributed by atoms with Crippen molar-refractivity contribution in [2.45, 2.75) is 18.4 Å². The Labute approximate surface area is 133 Å². The molecule has 0 N–H and O–H groups in total. The standard InChI is InChI=1S/C15H16N4O3S/c1-10-7-18(2)17-14(10)8-19-9-16-13-5-4-11(23(3,21)22)6-12(13)15(19)20/h4-7,9H,8H2,1-3H3. The van der Waals surface area contributed by atoms with E-state index in [0.29, 0.717) is 5.52 Å². The van der Waals surface area contributed by atoms with Crippen LogP contribution in [-0.4, -0.2) is 34.0 Å². The molecular weight excluding hydrogens is 316 g/mol. The van der Waals surface area contributed by atoms with Crippen LogP contribution in [0.3, 0.4) is 0 Å². The van der Waals surface area contributed by atoms with Crippen molar-refractivity contribution in [2.24, 2.45) is 7.05 Å². The number of aromatic nitrogens is 4. The molecule has 23 heavy (non-hydrogen) atoms. The van der Waals surface area contributed by atoms with Gasteiger partial charge in [0.15, 0.2) is 9.84 Å². The van der Waals surface area contributed by atoms with Crippen molar-refractivity contribution in [3.05, 3.63) is 52.3 Å². The fourth-order valence-electron chi connectivity index (χ4n) is 2.45. The molecule has 8 heteroatoms. The van der Waals surface area contributed by atoms with E-state index < -0.39 is 9.84 Å². The molecule has 2 heterocycles. The topological polar surface area (TPSA) is 86.8 Å². The van der Waals surface area contributed by atoms with Crippen molar-refractivity contribution in [2.75, 3.05) is 6.26 Å². The van der Waals surface area contributed by atoms with Crippen LogP contribution in [0.5, 0.6) is 0 Å². The predicted molar refractivity (Wildman–Crippen MR) is 86.2 cm³/mol. The fraction of sp³-hybridized carbons (Fsp3) is 0.267. The van der Waals surface area contributed by atoms with Gasteiger partial charge in [0, 0.05) is 19.5 Å². The number of aryl methyl sites for hydroxylation is 2. The first-order chi connectivity index (χ1) is 10.8. The van der Waals surface area contributed by atoms with E-state index in [1.807, 2.05) is 20.2 Å². The lowest BCUT2D eigenvalue weighted by Crippen LogP contribution is -2.22. The van der Waals surface area contributed by atoms with Gasteiger partial charge in [-0.3, -0.25) is 14.0 Å². The van der Waals surface area contributed by atoms with E-state index in [1.165, 1.54) is 23.0 Å². The van der Waals surface area contributed by atoms with Crippen molar-refractivity contribution < 1.29 is 8.42 Å². The zero-order chi connectivity index (χ0) is 16.8. The second-order valence-electron chi connectivity index (χ2n) is 5.56.